The maximum atomic E-state index is 12.0. The van der Waals surface area contributed by atoms with Crippen LogP contribution in [0.5, 0.6) is 0 Å². The highest BCUT2D eigenvalue weighted by Gasteiger charge is 2.22. The van der Waals surface area contributed by atoms with Gasteiger partial charge in [-0.3, -0.25) is 0 Å². The van der Waals surface area contributed by atoms with Crippen LogP contribution < -0.4 is 10.5 Å². The van der Waals surface area contributed by atoms with Crippen LogP contribution in [0.25, 0.3) is 0 Å². The Balaban J connectivity index is 1.89. The number of sulfonamides is 1. The third kappa shape index (κ3) is 4.47. The van der Waals surface area contributed by atoms with E-state index in [9.17, 15) is 13.5 Å². The molecule has 1 aromatic rings. The quantitative estimate of drug-likeness (QED) is 0.713. The van der Waals surface area contributed by atoms with Crippen LogP contribution >= 0.6 is 0 Å². The van der Waals surface area contributed by atoms with E-state index in [2.05, 4.69) is 4.72 Å². The number of nitrogen functional groups attached to an aromatic ring is 1. The third-order valence-electron chi connectivity index (χ3n) is 3.75. The zero-order valence-electron chi connectivity index (χ0n) is 11.5. The van der Waals surface area contributed by atoms with Crippen LogP contribution in [0, 0.1) is 5.92 Å². The smallest absolute Gasteiger partial charge is 0.215 e. The number of aliphatic hydroxyl groups is 1. The Hall–Kier alpha value is -1.11. The van der Waals surface area contributed by atoms with Crippen molar-refractivity contribution in [2.24, 2.45) is 5.92 Å². The van der Waals surface area contributed by atoms with Crippen molar-refractivity contribution in [3.63, 3.8) is 0 Å². The fraction of sp³-hybridized carbons (Fsp3) is 0.571. The van der Waals surface area contributed by atoms with Gasteiger partial charge in [0.2, 0.25) is 10.0 Å². The van der Waals surface area contributed by atoms with Crippen LogP contribution in [0.3, 0.4) is 0 Å². The number of hydrogen-bond donors (Lipinski definition) is 3. The minimum absolute atomic E-state index is 0.102. The van der Waals surface area contributed by atoms with E-state index < -0.39 is 10.0 Å². The molecule has 20 heavy (non-hydrogen) atoms. The predicted molar refractivity (Wildman–Crippen MR) is 79.4 cm³/mol. The van der Waals surface area contributed by atoms with Gasteiger partial charge in [0, 0.05) is 12.2 Å². The fourth-order valence-electron chi connectivity index (χ4n) is 2.61. The Morgan fingerprint density at radius 1 is 1.30 bits per heavy atom. The molecular formula is C14H22N2O3S. The standard InChI is InChI=1S/C14H22N2O3S/c15-14-7-2-1-5-12(14)10-20(18,19)16-9-11-4-3-6-13(17)8-11/h1-2,5,7,11,13,16-17H,3-4,6,8-10,15H2. The summed E-state index contributed by atoms with van der Waals surface area (Å²) < 4.78 is 26.7. The number of benzene rings is 1. The summed E-state index contributed by atoms with van der Waals surface area (Å²) in [7, 11) is -3.39. The molecule has 1 aromatic carbocycles. The normalized spacial score (nSPS) is 23.6. The van der Waals surface area contributed by atoms with Crippen molar-refractivity contribution in [3.05, 3.63) is 29.8 Å². The van der Waals surface area contributed by atoms with Crippen molar-refractivity contribution in [1.82, 2.24) is 4.72 Å². The topological polar surface area (TPSA) is 92.4 Å². The number of aliphatic hydroxyl groups excluding tert-OH is 1. The Morgan fingerprint density at radius 2 is 2.05 bits per heavy atom. The van der Waals surface area contributed by atoms with Crippen molar-refractivity contribution < 1.29 is 13.5 Å². The summed E-state index contributed by atoms with van der Waals surface area (Å²) in [5.41, 5.74) is 6.87. The molecule has 0 spiro atoms. The Morgan fingerprint density at radius 3 is 2.75 bits per heavy atom. The molecule has 112 valence electrons. The van der Waals surface area contributed by atoms with E-state index in [0.29, 0.717) is 24.2 Å². The average molecular weight is 298 g/mol. The van der Waals surface area contributed by atoms with E-state index in [0.717, 1.165) is 19.3 Å². The summed E-state index contributed by atoms with van der Waals surface area (Å²) in [5.74, 6) is 0.122. The lowest BCUT2D eigenvalue weighted by Gasteiger charge is -2.25. The van der Waals surface area contributed by atoms with Gasteiger partial charge >= 0.3 is 0 Å². The number of hydrogen-bond acceptors (Lipinski definition) is 4. The molecule has 1 aliphatic rings. The van der Waals surface area contributed by atoms with E-state index in [4.69, 9.17) is 5.73 Å². The lowest BCUT2D eigenvalue weighted by atomic mass is 9.87. The first-order chi connectivity index (χ1) is 9.46. The second-order valence-corrected chi connectivity index (χ2v) is 7.30. The highest BCUT2D eigenvalue weighted by atomic mass is 32.2. The molecule has 6 heteroatoms. The predicted octanol–water partition coefficient (Wildman–Crippen LogP) is 1.24. The second kappa shape index (κ2) is 6.56. The van der Waals surface area contributed by atoms with Crippen LogP contribution in [0.15, 0.2) is 24.3 Å². The Bertz CT molecular complexity index is 545. The monoisotopic (exact) mass is 298 g/mol. The highest BCUT2D eigenvalue weighted by Crippen LogP contribution is 2.24. The SMILES string of the molecule is Nc1ccccc1CS(=O)(=O)NCC1CCCC(O)C1. The van der Waals surface area contributed by atoms with Crippen LogP contribution in [-0.2, 0) is 15.8 Å². The summed E-state index contributed by atoms with van der Waals surface area (Å²) in [5, 5.41) is 9.59. The van der Waals surface area contributed by atoms with Crippen LogP contribution in [0.2, 0.25) is 0 Å². The van der Waals surface area contributed by atoms with Gasteiger partial charge in [0.25, 0.3) is 0 Å². The van der Waals surface area contributed by atoms with Crippen LogP contribution in [0.4, 0.5) is 5.69 Å². The number of para-hydroxylation sites is 1. The van der Waals surface area contributed by atoms with Gasteiger partial charge in [-0.05, 0) is 36.8 Å². The summed E-state index contributed by atoms with van der Waals surface area (Å²) in [6.45, 7) is 0.395. The first kappa shape index (κ1) is 15.3. The molecule has 1 aliphatic carbocycles. The number of nitrogens with one attached hydrogen (secondary N) is 1. The summed E-state index contributed by atoms with van der Waals surface area (Å²) in [6, 6.07) is 6.97. The van der Waals surface area contributed by atoms with E-state index in [1.165, 1.54) is 0 Å². The van der Waals surface area contributed by atoms with Gasteiger partial charge in [-0.25, -0.2) is 13.1 Å². The maximum Gasteiger partial charge on any atom is 0.215 e. The van der Waals surface area contributed by atoms with Gasteiger partial charge in [0.05, 0.1) is 11.9 Å². The number of anilines is 1. The first-order valence-corrected chi connectivity index (χ1v) is 8.60. The van der Waals surface area contributed by atoms with Gasteiger partial charge < -0.3 is 10.8 Å². The molecule has 2 atom stereocenters. The molecular weight excluding hydrogens is 276 g/mol. The van der Waals surface area contributed by atoms with E-state index in [-0.39, 0.29) is 17.8 Å². The van der Waals surface area contributed by atoms with E-state index >= 15 is 0 Å². The Labute approximate surface area is 120 Å². The van der Waals surface area contributed by atoms with Gasteiger partial charge in [-0.15, -0.1) is 0 Å². The fourth-order valence-corrected chi connectivity index (χ4v) is 3.88. The zero-order valence-corrected chi connectivity index (χ0v) is 12.3. The third-order valence-corrected chi connectivity index (χ3v) is 5.05. The molecule has 0 saturated heterocycles. The van der Waals surface area contributed by atoms with Crippen LogP contribution in [0.1, 0.15) is 31.2 Å². The highest BCUT2D eigenvalue weighted by molar-refractivity contribution is 7.88. The number of nitrogens with two attached hydrogens (primary N) is 1. The molecule has 0 aliphatic heterocycles. The first-order valence-electron chi connectivity index (χ1n) is 6.95. The van der Waals surface area contributed by atoms with Crippen molar-refractivity contribution >= 4 is 15.7 Å². The molecule has 2 rings (SSSR count). The maximum absolute atomic E-state index is 12.0. The van der Waals surface area contributed by atoms with Crippen LogP contribution in [-0.4, -0.2) is 26.2 Å². The molecule has 1 saturated carbocycles. The van der Waals surface area contributed by atoms with Crippen molar-refractivity contribution in [3.8, 4) is 0 Å². The molecule has 4 N–H and O–H groups in total. The molecule has 1 fully saturated rings. The number of rotatable bonds is 5. The molecule has 0 amide bonds. The molecule has 5 nitrogen and oxygen atoms in total. The second-order valence-electron chi connectivity index (χ2n) is 5.49. The molecule has 0 bridgehead atoms. The minimum atomic E-state index is -3.39. The Kier molecular flexibility index (Phi) is 5.01. The largest absolute Gasteiger partial charge is 0.398 e. The van der Waals surface area contributed by atoms with Gasteiger partial charge in [-0.1, -0.05) is 24.6 Å². The van der Waals surface area contributed by atoms with Gasteiger partial charge in [-0.2, -0.15) is 0 Å². The van der Waals surface area contributed by atoms with E-state index in [1.807, 2.05) is 0 Å². The lowest BCUT2D eigenvalue weighted by molar-refractivity contribution is 0.102. The summed E-state index contributed by atoms with van der Waals surface area (Å²) in [4.78, 5) is 0. The van der Waals surface area contributed by atoms with E-state index in [1.54, 1.807) is 24.3 Å². The molecule has 0 radical (unpaired) electrons. The summed E-state index contributed by atoms with van der Waals surface area (Å²) >= 11 is 0. The summed E-state index contributed by atoms with van der Waals surface area (Å²) in [6.07, 6.45) is 3.13. The average Bonchev–Trinajstić information content (AvgIpc) is 2.39. The molecule has 0 aromatic heterocycles. The molecule has 2 unspecified atom stereocenters. The van der Waals surface area contributed by atoms with Gasteiger partial charge in [0.1, 0.15) is 0 Å². The van der Waals surface area contributed by atoms with Gasteiger partial charge in [0.15, 0.2) is 0 Å². The molecule has 0 heterocycles. The van der Waals surface area contributed by atoms with Crippen molar-refractivity contribution in [2.45, 2.75) is 37.5 Å². The lowest BCUT2D eigenvalue weighted by Crippen LogP contribution is -2.33. The van der Waals surface area contributed by atoms with Crippen molar-refractivity contribution in [1.29, 1.82) is 0 Å². The zero-order chi connectivity index (χ0) is 14.6. The van der Waals surface area contributed by atoms with Crippen molar-refractivity contribution in [2.75, 3.05) is 12.3 Å². The minimum Gasteiger partial charge on any atom is -0.398 e.